The predicted octanol–water partition coefficient (Wildman–Crippen LogP) is 6.24. The number of anilines is 1. The smallest absolute Gasteiger partial charge is 0.235 e. The Morgan fingerprint density at radius 3 is 2.32 bits per heavy atom. The van der Waals surface area contributed by atoms with Gasteiger partial charge in [-0.25, -0.2) is 0 Å². The van der Waals surface area contributed by atoms with E-state index in [4.69, 9.17) is 4.74 Å². The average molecular weight is 380 g/mol. The number of benzene rings is 2. The third-order valence-electron chi connectivity index (χ3n) is 6.07. The van der Waals surface area contributed by atoms with Crippen molar-refractivity contribution in [2.24, 2.45) is 0 Å². The van der Waals surface area contributed by atoms with Crippen LogP contribution in [-0.2, 0) is 10.2 Å². The van der Waals surface area contributed by atoms with Gasteiger partial charge in [0.15, 0.2) is 0 Å². The molecular formula is C25H33NO2. The van der Waals surface area contributed by atoms with E-state index in [9.17, 15) is 4.79 Å². The van der Waals surface area contributed by atoms with E-state index in [1.165, 1.54) is 5.56 Å². The van der Waals surface area contributed by atoms with E-state index < -0.39 is 5.41 Å². The normalized spacial score (nSPS) is 16.6. The van der Waals surface area contributed by atoms with Gasteiger partial charge in [0.05, 0.1) is 11.5 Å². The summed E-state index contributed by atoms with van der Waals surface area (Å²) >= 11 is 0. The molecule has 3 rings (SSSR count). The van der Waals surface area contributed by atoms with Crippen LogP contribution in [0.5, 0.6) is 5.75 Å². The number of carbonyl (C=O) groups excluding carboxylic acids is 1. The monoisotopic (exact) mass is 379 g/mol. The van der Waals surface area contributed by atoms with Crippen LogP contribution >= 0.6 is 0 Å². The Labute approximate surface area is 169 Å². The van der Waals surface area contributed by atoms with Crippen molar-refractivity contribution in [2.45, 2.75) is 78.2 Å². The molecule has 1 saturated carbocycles. The Morgan fingerprint density at radius 1 is 1.11 bits per heavy atom. The molecule has 1 aliphatic carbocycles. The first kappa shape index (κ1) is 20.4. The molecule has 0 radical (unpaired) electrons. The fraction of sp³-hybridized carbons (Fsp3) is 0.480. The van der Waals surface area contributed by atoms with Gasteiger partial charge in [-0.1, -0.05) is 49.6 Å². The highest BCUT2D eigenvalue weighted by Crippen LogP contribution is 2.42. The molecule has 2 aromatic rings. The highest BCUT2D eigenvalue weighted by molar-refractivity contribution is 5.99. The average Bonchev–Trinajstić information content (AvgIpc) is 3.16. The standard InChI is InChI=1S/C25H33NO2/c1-6-20(5)28-23-18(3)15-22(16-19(23)4)26-24(27)25(12-7-8-13-25)21-11-9-10-17(2)14-21/h9-11,14-16,20H,6-8,12-13H2,1-5H3,(H,26,27)/t20-/m1/s1. The van der Waals surface area contributed by atoms with E-state index in [-0.39, 0.29) is 12.0 Å². The maximum Gasteiger partial charge on any atom is 0.235 e. The molecule has 0 aromatic heterocycles. The third-order valence-corrected chi connectivity index (χ3v) is 6.07. The van der Waals surface area contributed by atoms with Crippen LogP contribution in [-0.4, -0.2) is 12.0 Å². The zero-order chi connectivity index (χ0) is 20.3. The van der Waals surface area contributed by atoms with Gasteiger partial charge in [-0.2, -0.15) is 0 Å². The summed E-state index contributed by atoms with van der Waals surface area (Å²) in [6.07, 6.45) is 5.17. The van der Waals surface area contributed by atoms with Crippen molar-refractivity contribution in [1.82, 2.24) is 0 Å². The molecule has 2 aromatic carbocycles. The second-order valence-electron chi connectivity index (χ2n) is 8.39. The molecule has 0 heterocycles. The lowest BCUT2D eigenvalue weighted by molar-refractivity contribution is -0.121. The molecule has 0 unspecified atom stereocenters. The van der Waals surface area contributed by atoms with Crippen LogP contribution in [0, 0.1) is 20.8 Å². The number of nitrogens with one attached hydrogen (secondary N) is 1. The van der Waals surface area contributed by atoms with Crippen LogP contribution in [0.3, 0.4) is 0 Å². The van der Waals surface area contributed by atoms with Crippen LogP contribution in [0.1, 0.15) is 68.2 Å². The van der Waals surface area contributed by atoms with Gasteiger partial charge in [0.1, 0.15) is 5.75 Å². The predicted molar refractivity (Wildman–Crippen MR) is 116 cm³/mol. The van der Waals surface area contributed by atoms with Gasteiger partial charge in [-0.3, -0.25) is 4.79 Å². The molecule has 150 valence electrons. The first-order valence-electron chi connectivity index (χ1n) is 10.5. The van der Waals surface area contributed by atoms with E-state index in [2.05, 4.69) is 50.4 Å². The maximum atomic E-state index is 13.4. The lowest BCUT2D eigenvalue weighted by Gasteiger charge is -2.29. The number of rotatable bonds is 6. The maximum absolute atomic E-state index is 13.4. The van der Waals surface area contributed by atoms with Crippen molar-refractivity contribution in [2.75, 3.05) is 5.32 Å². The summed E-state index contributed by atoms with van der Waals surface area (Å²) in [5.41, 5.74) is 4.91. The van der Waals surface area contributed by atoms with Crippen LogP contribution < -0.4 is 10.1 Å². The van der Waals surface area contributed by atoms with Crippen molar-refractivity contribution in [3.05, 3.63) is 58.7 Å². The number of amides is 1. The summed E-state index contributed by atoms with van der Waals surface area (Å²) in [6.45, 7) is 10.4. The van der Waals surface area contributed by atoms with Crippen molar-refractivity contribution in [1.29, 1.82) is 0 Å². The van der Waals surface area contributed by atoms with Gasteiger partial charge < -0.3 is 10.1 Å². The number of carbonyl (C=O) groups is 1. The second kappa shape index (κ2) is 8.38. The molecule has 0 spiro atoms. The Kier molecular flexibility index (Phi) is 6.12. The van der Waals surface area contributed by atoms with E-state index in [1.54, 1.807) is 0 Å². The van der Waals surface area contributed by atoms with Gasteiger partial charge in [0.25, 0.3) is 0 Å². The second-order valence-corrected chi connectivity index (χ2v) is 8.39. The highest BCUT2D eigenvalue weighted by atomic mass is 16.5. The Bertz CT molecular complexity index is 826. The van der Waals surface area contributed by atoms with Crippen molar-refractivity contribution >= 4 is 11.6 Å². The molecule has 1 atom stereocenters. The van der Waals surface area contributed by atoms with E-state index >= 15 is 0 Å². The Hall–Kier alpha value is -2.29. The van der Waals surface area contributed by atoms with Crippen LogP contribution in [0.25, 0.3) is 0 Å². The summed E-state index contributed by atoms with van der Waals surface area (Å²) in [5.74, 6) is 1.05. The molecule has 3 nitrogen and oxygen atoms in total. The minimum atomic E-state index is -0.417. The van der Waals surface area contributed by atoms with Gasteiger partial charge in [-0.05, 0) is 75.8 Å². The van der Waals surface area contributed by atoms with Crippen LogP contribution in [0.2, 0.25) is 0 Å². The van der Waals surface area contributed by atoms with Gasteiger partial charge >= 0.3 is 0 Å². The van der Waals surface area contributed by atoms with Gasteiger partial charge in [0, 0.05) is 5.69 Å². The highest BCUT2D eigenvalue weighted by Gasteiger charge is 2.42. The Morgan fingerprint density at radius 2 is 1.75 bits per heavy atom. The minimum Gasteiger partial charge on any atom is -0.490 e. The SMILES string of the molecule is CC[C@@H](C)Oc1c(C)cc(NC(=O)C2(c3cccc(C)c3)CCCC2)cc1C. The molecule has 1 fully saturated rings. The lowest BCUT2D eigenvalue weighted by Crippen LogP contribution is -2.38. The fourth-order valence-electron chi connectivity index (χ4n) is 4.31. The summed E-state index contributed by atoms with van der Waals surface area (Å²) < 4.78 is 6.07. The Balaban J connectivity index is 1.87. The zero-order valence-corrected chi connectivity index (χ0v) is 17.9. The van der Waals surface area contributed by atoms with Crippen molar-refractivity contribution in [3.8, 4) is 5.75 Å². The molecular weight excluding hydrogens is 346 g/mol. The number of aryl methyl sites for hydroxylation is 3. The molecule has 28 heavy (non-hydrogen) atoms. The van der Waals surface area contributed by atoms with E-state index in [0.29, 0.717) is 0 Å². The minimum absolute atomic E-state index is 0.116. The molecule has 1 amide bonds. The summed E-state index contributed by atoms with van der Waals surface area (Å²) in [5, 5.41) is 3.22. The number of hydrogen-bond acceptors (Lipinski definition) is 2. The molecule has 0 saturated heterocycles. The van der Waals surface area contributed by atoms with E-state index in [1.807, 2.05) is 26.0 Å². The lowest BCUT2D eigenvalue weighted by atomic mass is 9.77. The molecule has 0 bridgehead atoms. The number of ether oxygens (including phenoxy) is 1. The van der Waals surface area contributed by atoms with Crippen molar-refractivity contribution < 1.29 is 9.53 Å². The van der Waals surface area contributed by atoms with Crippen LogP contribution in [0.4, 0.5) is 5.69 Å². The van der Waals surface area contributed by atoms with Gasteiger partial charge in [-0.15, -0.1) is 0 Å². The summed E-state index contributed by atoms with van der Waals surface area (Å²) in [4.78, 5) is 13.4. The van der Waals surface area contributed by atoms with Gasteiger partial charge in [0.2, 0.25) is 5.91 Å². The largest absolute Gasteiger partial charge is 0.490 e. The zero-order valence-electron chi connectivity index (χ0n) is 17.9. The number of hydrogen-bond donors (Lipinski definition) is 1. The quantitative estimate of drug-likeness (QED) is 0.645. The topological polar surface area (TPSA) is 38.3 Å². The molecule has 3 heteroatoms. The first-order valence-corrected chi connectivity index (χ1v) is 10.5. The molecule has 1 aliphatic rings. The van der Waals surface area contributed by atoms with Crippen molar-refractivity contribution in [3.63, 3.8) is 0 Å². The molecule has 0 aliphatic heterocycles. The molecule has 1 N–H and O–H groups in total. The summed E-state index contributed by atoms with van der Waals surface area (Å²) in [7, 11) is 0. The first-order chi connectivity index (χ1) is 13.4. The fourth-order valence-corrected chi connectivity index (χ4v) is 4.31. The van der Waals surface area contributed by atoms with Crippen LogP contribution in [0.15, 0.2) is 36.4 Å². The van der Waals surface area contributed by atoms with E-state index in [0.717, 1.165) is 60.2 Å². The summed E-state index contributed by atoms with van der Waals surface area (Å²) in [6, 6.07) is 12.5. The third kappa shape index (κ3) is 4.09.